The number of ether oxygens (including phenoxy) is 2. The van der Waals surface area contributed by atoms with Crippen LogP contribution in [0, 0.1) is 12.7 Å². The Hall–Kier alpha value is -2.32. The third kappa shape index (κ3) is 6.09. The van der Waals surface area contributed by atoms with Gasteiger partial charge in [0, 0.05) is 30.3 Å². The molecule has 1 aromatic heterocycles. The zero-order valence-corrected chi connectivity index (χ0v) is 18.9. The molecule has 6 nitrogen and oxygen atoms in total. The number of amides is 1. The second-order valence-corrected chi connectivity index (χ2v) is 8.31. The Kier molecular flexibility index (Phi) is 7.55. The molecule has 1 amide bonds. The number of rotatable bonds is 6. The van der Waals surface area contributed by atoms with Crippen LogP contribution in [0.25, 0.3) is 6.08 Å². The van der Waals surface area contributed by atoms with Crippen LogP contribution in [0.2, 0.25) is 0 Å². The molecule has 8 heteroatoms. The molecule has 0 radical (unpaired) electrons. The number of halogens is 2. The third-order valence-corrected chi connectivity index (χ3v) is 5.20. The number of hydrogen-bond acceptors (Lipinski definition) is 5. The minimum atomic E-state index is -0.339. The van der Waals surface area contributed by atoms with Gasteiger partial charge in [0.05, 0.1) is 17.6 Å². The van der Waals surface area contributed by atoms with E-state index in [1.54, 1.807) is 29.2 Å². The Labute approximate surface area is 184 Å². The molecular weight excluding hydrogens is 453 g/mol. The molecule has 0 bridgehead atoms. The zero-order valence-electron chi connectivity index (χ0n) is 17.3. The van der Waals surface area contributed by atoms with Crippen LogP contribution in [0.1, 0.15) is 36.8 Å². The highest BCUT2D eigenvalue weighted by Gasteiger charge is 2.24. The van der Waals surface area contributed by atoms with Gasteiger partial charge in [-0.2, -0.15) is 4.98 Å². The van der Waals surface area contributed by atoms with E-state index in [2.05, 4.69) is 25.9 Å². The third-order valence-electron chi connectivity index (χ3n) is 4.59. The van der Waals surface area contributed by atoms with E-state index >= 15 is 0 Å². The van der Waals surface area contributed by atoms with Crippen molar-refractivity contribution in [3.63, 3.8) is 0 Å². The van der Waals surface area contributed by atoms with Gasteiger partial charge in [-0.05, 0) is 46.6 Å². The average Bonchev–Trinajstić information content (AvgIpc) is 2.72. The monoisotopic (exact) mass is 477 g/mol. The Morgan fingerprint density at radius 3 is 2.93 bits per heavy atom. The first kappa shape index (κ1) is 22.4. The van der Waals surface area contributed by atoms with Crippen molar-refractivity contribution in [2.24, 2.45) is 0 Å². The average molecular weight is 478 g/mol. The fraction of sp³-hybridized carbons (Fsp3) is 0.409. The number of benzene rings is 1. The summed E-state index contributed by atoms with van der Waals surface area (Å²) < 4.78 is 25.3. The highest BCUT2D eigenvalue weighted by molar-refractivity contribution is 9.10. The molecule has 0 aliphatic carbocycles. The minimum Gasteiger partial charge on any atom is -0.475 e. The normalized spacial score (nSPS) is 17.0. The quantitative estimate of drug-likeness (QED) is 0.585. The van der Waals surface area contributed by atoms with Gasteiger partial charge in [0.2, 0.25) is 11.8 Å². The summed E-state index contributed by atoms with van der Waals surface area (Å²) in [5.41, 5.74) is 1.59. The molecule has 30 heavy (non-hydrogen) atoms. The SMILES string of the molecule is Cc1cc(OCC2CN(C(=O)/C=C/c3ccc(F)c(Br)c3)CCO2)nc(C(C)C)n1. The number of aromatic nitrogens is 2. The summed E-state index contributed by atoms with van der Waals surface area (Å²) in [5.74, 6) is 1.00. The largest absolute Gasteiger partial charge is 0.475 e. The maximum atomic E-state index is 13.3. The van der Waals surface area contributed by atoms with Crippen LogP contribution >= 0.6 is 15.9 Å². The predicted molar refractivity (Wildman–Crippen MR) is 116 cm³/mol. The molecule has 1 atom stereocenters. The standard InChI is InChI=1S/C22H25BrFN3O3/c1-14(2)22-25-15(3)10-20(26-22)30-13-17-12-27(8-9-29-17)21(28)7-5-16-4-6-19(24)18(23)11-16/h4-7,10-11,14,17H,8-9,12-13H2,1-3H3/b7-5+. The number of hydrogen-bond donors (Lipinski definition) is 0. The summed E-state index contributed by atoms with van der Waals surface area (Å²) in [6.45, 7) is 7.65. The fourth-order valence-electron chi connectivity index (χ4n) is 2.98. The van der Waals surface area contributed by atoms with E-state index < -0.39 is 0 Å². The molecule has 1 unspecified atom stereocenters. The van der Waals surface area contributed by atoms with Crippen LogP contribution in [0.4, 0.5) is 4.39 Å². The Bertz CT molecular complexity index is 936. The van der Waals surface area contributed by atoms with Gasteiger partial charge in [-0.15, -0.1) is 0 Å². The molecule has 160 valence electrons. The maximum absolute atomic E-state index is 13.3. The summed E-state index contributed by atoms with van der Waals surface area (Å²) in [5, 5.41) is 0. The van der Waals surface area contributed by atoms with Crippen LogP contribution < -0.4 is 4.74 Å². The molecule has 0 N–H and O–H groups in total. The van der Waals surface area contributed by atoms with Crippen LogP contribution in [0.5, 0.6) is 5.88 Å². The van der Waals surface area contributed by atoms with E-state index in [0.717, 1.165) is 17.1 Å². The molecule has 2 heterocycles. The Morgan fingerprint density at radius 1 is 1.40 bits per heavy atom. The zero-order chi connectivity index (χ0) is 21.7. The van der Waals surface area contributed by atoms with E-state index in [4.69, 9.17) is 9.47 Å². The first-order chi connectivity index (χ1) is 14.3. The van der Waals surface area contributed by atoms with Crippen molar-refractivity contribution < 1.29 is 18.7 Å². The molecule has 2 aromatic rings. The summed E-state index contributed by atoms with van der Waals surface area (Å²) in [6, 6.07) is 6.40. The lowest BCUT2D eigenvalue weighted by molar-refractivity contribution is -0.134. The molecule has 1 saturated heterocycles. The second-order valence-electron chi connectivity index (χ2n) is 7.46. The molecular formula is C22H25BrFN3O3. The fourth-order valence-corrected chi connectivity index (χ4v) is 3.38. The number of aryl methyl sites for hydroxylation is 1. The van der Waals surface area contributed by atoms with Crippen LogP contribution in [-0.4, -0.2) is 53.2 Å². The molecule has 3 rings (SSSR count). The highest BCUT2D eigenvalue weighted by Crippen LogP contribution is 2.18. The van der Waals surface area contributed by atoms with Gasteiger partial charge in [-0.25, -0.2) is 9.37 Å². The van der Waals surface area contributed by atoms with Crippen molar-refractivity contribution in [2.45, 2.75) is 32.8 Å². The lowest BCUT2D eigenvalue weighted by atomic mass is 10.2. The molecule has 0 saturated carbocycles. The topological polar surface area (TPSA) is 64.5 Å². The minimum absolute atomic E-state index is 0.122. The van der Waals surface area contributed by atoms with Gasteiger partial charge in [0.1, 0.15) is 24.4 Å². The summed E-state index contributed by atoms with van der Waals surface area (Å²) in [4.78, 5) is 23.1. The van der Waals surface area contributed by atoms with E-state index in [1.807, 2.05) is 20.8 Å². The van der Waals surface area contributed by atoms with E-state index in [-0.39, 0.29) is 23.7 Å². The van der Waals surface area contributed by atoms with Crippen LogP contribution in [-0.2, 0) is 9.53 Å². The van der Waals surface area contributed by atoms with Crippen molar-refractivity contribution in [2.75, 3.05) is 26.3 Å². The molecule has 1 fully saturated rings. The van der Waals surface area contributed by atoms with Gasteiger partial charge in [-0.3, -0.25) is 4.79 Å². The van der Waals surface area contributed by atoms with Gasteiger partial charge in [0.15, 0.2) is 0 Å². The number of morpholine rings is 1. The predicted octanol–water partition coefficient (Wildman–Crippen LogP) is 4.13. The molecule has 0 spiro atoms. The van der Waals surface area contributed by atoms with Crippen molar-refractivity contribution in [3.8, 4) is 5.88 Å². The van der Waals surface area contributed by atoms with Crippen molar-refractivity contribution in [1.82, 2.24) is 14.9 Å². The van der Waals surface area contributed by atoms with E-state index in [9.17, 15) is 9.18 Å². The lowest BCUT2D eigenvalue weighted by Crippen LogP contribution is -2.47. The maximum Gasteiger partial charge on any atom is 0.246 e. The van der Waals surface area contributed by atoms with Crippen molar-refractivity contribution in [3.05, 3.63) is 57.7 Å². The Morgan fingerprint density at radius 2 is 2.20 bits per heavy atom. The van der Waals surface area contributed by atoms with Crippen LogP contribution in [0.3, 0.4) is 0 Å². The summed E-state index contributed by atoms with van der Waals surface area (Å²) in [7, 11) is 0. The molecule has 1 aliphatic heterocycles. The highest BCUT2D eigenvalue weighted by atomic mass is 79.9. The lowest BCUT2D eigenvalue weighted by Gasteiger charge is -2.32. The van der Waals surface area contributed by atoms with Crippen LogP contribution in [0.15, 0.2) is 34.8 Å². The number of carbonyl (C=O) groups excluding carboxylic acids is 1. The number of carbonyl (C=O) groups is 1. The number of nitrogens with zero attached hydrogens (tertiary/aromatic N) is 3. The second kappa shape index (κ2) is 10.1. The first-order valence-electron chi connectivity index (χ1n) is 9.84. The van der Waals surface area contributed by atoms with Gasteiger partial charge < -0.3 is 14.4 Å². The smallest absolute Gasteiger partial charge is 0.246 e. The van der Waals surface area contributed by atoms with Gasteiger partial charge in [0.25, 0.3) is 0 Å². The van der Waals surface area contributed by atoms with Crippen molar-refractivity contribution in [1.29, 1.82) is 0 Å². The Balaban J connectivity index is 1.56. The van der Waals surface area contributed by atoms with E-state index in [1.165, 1.54) is 12.1 Å². The van der Waals surface area contributed by atoms with Gasteiger partial charge in [-0.1, -0.05) is 19.9 Å². The first-order valence-corrected chi connectivity index (χ1v) is 10.6. The summed E-state index contributed by atoms with van der Waals surface area (Å²) >= 11 is 3.15. The molecule has 1 aliphatic rings. The van der Waals surface area contributed by atoms with Gasteiger partial charge >= 0.3 is 0 Å². The van der Waals surface area contributed by atoms with E-state index in [0.29, 0.717) is 36.7 Å². The molecule has 1 aromatic carbocycles. The summed E-state index contributed by atoms with van der Waals surface area (Å²) in [6.07, 6.45) is 2.92. The van der Waals surface area contributed by atoms with Crippen molar-refractivity contribution >= 4 is 27.9 Å².